The fourth-order valence-corrected chi connectivity index (χ4v) is 7.15. The van der Waals surface area contributed by atoms with E-state index in [1.807, 2.05) is 6.92 Å². The Balaban J connectivity index is 1.41. The van der Waals surface area contributed by atoms with Crippen molar-refractivity contribution in [3.8, 4) is 23.0 Å². The average Bonchev–Trinajstić information content (AvgIpc) is 3.66. The van der Waals surface area contributed by atoms with Gasteiger partial charge in [0.05, 0.1) is 24.8 Å². The monoisotopic (exact) mass is 691 g/mol. The Morgan fingerprint density at radius 2 is 1.83 bits per heavy atom. The molecular formula is C35H34FN3O7S2. The van der Waals surface area contributed by atoms with E-state index < -0.39 is 17.7 Å². The van der Waals surface area contributed by atoms with E-state index in [9.17, 15) is 19.1 Å². The third-order valence-electron chi connectivity index (χ3n) is 7.71. The number of fused-ring (bicyclic) bond motifs is 1. The molecular weight excluding hydrogens is 658 g/mol. The maximum Gasteiger partial charge on any atom is 0.301 e. The fourth-order valence-electron chi connectivity index (χ4n) is 5.29. The highest BCUT2D eigenvalue weighted by atomic mass is 32.2. The highest BCUT2D eigenvalue weighted by molar-refractivity contribution is 8.00. The molecule has 1 aromatic heterocycles. The SMILES string of the molecule is CCOc1cc(C2/C(=C(\O)c3ccc4c(c3)OCCO4)C(=O)C(=O)N2c2nnc(SCc3ccccc3F)s2)ccc1OCCC(C)C. The van der Waals surface area contributed by atoms with Crippen molar-refractivity contribution in [3.05, 3.63) is 88.7 Å². The van der Waals surface area contributed by atoms with Crippen LogP contribution in [0.1, 0.15) is 49.9 Å². The van der Waals surface area contributed by atoms with Crippen LogP contribution in [0.4, 0.5) is 9.52 Å². The summed E-state index contributed by atoms with van der Waals surface area (Å²) in [4.78, 5) is 28.8. The van der Waals surface area contributed by atoms with Gasteiger partial charge in [0.15, 0.2) is 27.3 Å². The van der Waals surface area contributed by atoms with Crippen molar-refractivity contribution < 1.29 is 38.0 Å². The third kappa shape index (κ3) is 6.97. The van der Waals surface area contributed by atoms with Gasteiger partial charge in [0, 0.05) is 11.3 Å². The Morgan fingerprint density at radius 3 is 2.60 bits per heavy atom. The number of aliphatic hydroxyl groups is 1. The Bertz CT molecular complexity index is 1860. The summed E-state index contributed by atoms with van der Waals surface area (Å²) in [5, 5.41) is 20.3. The summed E-state index contributed by atoms with van der Waals surface area (Å²) in [6.07, 6.45) is 0.845. The van der Waals surface area contributed by atoms with Crippen molar-refractivity contribution in [1.29, 1.82) is 0 Å². The number of aliphatic hydroxyl groups excluding tert-OH is 1. The number of hydrogen-bond donors (Lipinski definition) is 1. The average molecular weight is 692 g/mol. The van der Waals surface area contributed by atoms with Gasteiger partial charge in [0.1, 0.15) is 24.8 Å². The van der Waals surface area contributed by atoms with Gasteiger partial charge in [-0.2, -0.15) is 0 Å². The summed E-state index contributed by atoms with van der Waals surface area (Å²) >= 11 is 2.36. The second-order valence-corrected chi connectivity index (χ2v) is 13.6. The van der Waals surface area contributed by atoms with Crippen molar-refractivity contribution >= 4 is 45.7 Å². The van der Waals surface area contributed by atoms with Gasteiger partial charge in [-0.25, -0.2) is 4.39 Å². The molecule has 3 heterocycles. The van der Waals surface area contributed by atoms with Gasteiger partial charge < -0.3 is 24.1 Å². The first-order valence-electron chi connectivity index (χ1n) is 15.6. The number of benzene rings is 3. The smallest absolute Gasteiger partial charge is 0.301 e. The van der Waals surface area contributed by atoms with Crippen LogP contribution in [-0.4, -0.2) is 53.4 Å². The number of carbonyl (C=O) groups is 2. The summed E-state index contributed by atoms with van der Waals surface area (Å²) < 4.78 is 38.0. The van der Waals surface area contributed by atoms with Crippen LogP contribution in [0.2, 0.25) is 0 Å². The number of Topliss-reactive ketones (excluding diaryl/α,β-unsaturated/α-hetero) is 1. The molecule has 0 bridgehead atoms. The molecule has 2 aliphatic rings. The van der Waals surface area contributed by atoms with E-state index in [2.05, 4.69) is 24.0 Å². The topological polar surface area (TPSA) is 120 Å². The molecule has 1 fully saturated rings. The van der Waals surface area contributed by atoms with Gasteiger partial charge >= 0.3 is 5.91 Å². The van der Waals surface area contributed by atoms with Crippen LogP contribution in [0, 0.1) is 11.7 Å². The molecule has 6 rings (SSSR count). The van der Waals surface area contributed by atoms with E-state index in [0.29, 0.717) is 76.6 Å². The molecule has 2 aliphatic heterocycles. The minimum absolute atomic E-state index is 0.136. The summed E-state index contributed by atoms with van der Waals surface area (Å²) in [6, 6.07) is 15.4. The maximum atomic E-state index is 14.2. The summed E-state index contributed by atoms with van der Waals surface area (Å²) in [5.74, 6) is 0.139. The molecule has 1 unspecified atom stereocenters. The van der Waals surface area contributed by atoms with Crippen molar-refractivity contribution in [1.82, 2.24) is 10.2 Å². The number of aromatic nitrogens is 2. The molecule has 1 amide bonds. The van der Waals surface area contributed by atoms with Gasteiger partial charge in [0.2, 0.25) is 5.13 Å². The van der Waals surface area contributed by atoms with Crippen molar-refractivity contribution in [3.63, 3.8) is 0 Å². The lowest BCUT2D eigenvalue weighted by atomic mass is 9.95. The number of halogens is 1. The van der Waals surface area contributed by atoms with E-state index in [-0.39, 0.29) is 27.8 Å². The Kier molecular flexibility index (Phi) is 10.2. The van der Waals surface area contributed by atoms with Crippen LogP contribution >= 0.6 is 23.1 Å². The van der Waals surface area contributed by atoms with E-state index in [4.69, 9.17) is 18.9 Å². The maximum absolute atomic E-state index is 14.2. The van der Waals surface area contributed by atoms with Crippen LogP contribution in [0.5, 0.6) is 23.0 Å². The molecule has 3 aromatic carbocycles. The highest BCUT2D eigenvalue weighted by Gasteiger charge is 2.48. The van der Waals surface area contributed by atoms with Gasteiger partial charge in [-0.3, -0.25) is 14.5 Å². The number of amides is 1. The van der Waals surface area contributed by atoms with E-state index in [1.54, 1.807) is 54.6 Å². The molecule has 0 spiro atoms. The highest BCUT2D eigenvalue weighted by Crippen LogP contribution is 2.46. The standard InChI is InChI=1S/C35H34FN3O7S2/c1-4-43-27-17-21(9-11-25(27)44-14-13-20(2)3)30-29(31(40)22-10-12-26-28(18-22)46-16-15-45-26)32(41)33(42)39(30)34-37-38-35(48-34)47-19-23-7-5-6-8-24(23)36/h5-12,17-18,20,30,40H,4,13-16,19H2,1-3H3/b31-29+. The minimum Gasteiger partial charge on any atom is -0.507 e. The van der Waals surface area contributed by atoms with Crippen LogP contribution in [0.3, 0.4) is 0 Å². The number of ketones is 1. The number of rotatable bonds is 12. The first-order chi connectivity index (χ1) is 23.2. The van der Waals surface area contributed by atoms with E-state index in [1.165, 1.54) is 22.7 Å². The zero-order valence-corrected chi connectivity index (χ0v) is 28.2. The minimum atomic E-state index is -1.08. The molecule has 1 N–H and O–H groups in total. The molecule has 10 nitrogen and oxygen atoms in total. The number of ether oxygens (including phenoxy) is 4. The third-order valence-corrected chi connectivity index (χ3v) is 9.81. The number of thioether (sulfide) groups is 1. The van der Waals surface area contributed by atoms with Crippen LogP contribution < -0.4 is 23.8 Å². The Labute approximate surface area is 285 Å². The summed E-state index contributed by atoms with van der Waals surface area (Å²) in [7, 11) is 0. The molecule has 0 saturated carbocycles. The molecule has 0 aliphatic carbocycles. The van der Waals surface area contributed by atoms with Gasteiger partial charge in [-0.05, 0) is 66.8 Å². The molecule has 13 heteroatoms. The Morgan fingerprint density at radius 1 is 1.04 bits per heavy atom. The number of anilines is 1. The van der Waals surface area contributed by atoms with Crippen molar-refractivity contribution in [2.24, 2.45) is 5.92 Å². The molecule has 250 valence electrons. The largest absolute Gasteiger partial charge is 0.507 e. The van der Waals surface area contributed by atoms with E-state index >= 15 is 0 Å². The second kappa shape index (κ2) is 14.7. The lowest BCUT2D eigenvalue weighted by Gasteiger charge is -2.24. The van der Waals surface area contributed by atoms with Gasteiger partial charge in [0.25, 0.3) is 5.78 Å². The lowest BCUT2D eigenvalue weighted by molar-refractivity contribution is -0.132. The van der Waals surface area contributed by atoms with Crippen molar-refractivity contribution in [2.75, 3.05) is 31.3 Å². The second-order valence-electron chi connectivity index (χ2n) is 11.4. The molecule has 48 heavy (non-hydrogen) atoms. The Hall–Kier alpha value is -4.62. The quantitative estimate of drug-likeness (QED) is 0.0537. The molecule has 0 radical (unpaired) electrons. The molecule has 1 saturated heterocycles. The van der Waals surface area contributed by atoms with Crippen molar-refractivity contribution in [2.45, 2.75) is 43.3 Å². The van der Waals surface area contributed by atoms with Crippen LogP contribution in [0.15, 0.2) is 70.6 Å². The van der Waals surface area contributed by atoms with Crippen LogP contribution in [-0.2, 0) is 15.3 Å². The predicted octanol–water partition coefficient (Wildman–Crippen LogP) is 7.19. The van der Waals surface area contributed by atoms with Gasteiger partial charge in [-0.15, -0.1) is 10.2 Å². The number of nitrogens with zero attached hydrogens (tertiary/aromatic N) is 3. The fraction of sp³-hybridized carbons (Fsp3) is 0.314. The van der Waals surface area contributed by atoms with Crippen LogP contribution in [0.25, 0.3) is 5.76 Å². The zero-order chi connectivity index (χ0) is 33.8. The molecule has 4 aromatic rings. The predicted molar refractivity (Wildman–Crippen MR) is 181 cm³/mol. The number of hydrogen-bond acceptors (Lipinski definition) is 11. The number of carbonyl (C=O) groups excluding carboxylic acids is 2. The first kappa shape index (κ1) is 33.3. The van der Waals surface area contributed by atoms with Gasteiger partial charge in [-0.1, -0.05) is 61.2 Å². The van der Waals surface area contributed by atoms with E-state index in [0.717, 1.165) is 17.8 Å². The summed E-state index contributed by atoms with van der Waals surface area (Å²) in [5.41, 5.74) is 1.13. The normalized spacial score (nSPS) is 16.9. The summed E-state index contributed by atoms with van der Waals surface area (Å²) in [6.45, 7) is 7.63. The zero-order valence-electron chi connectivity index (χ0n) is 26.6. The first-order valence-corrected chi connectivity index (χ1v) is 17.4. The lowest BCUT2D eigenvalue weighted by Crippen LogP contribution is -2.29. The molecule has 1 atom stereocenters.